The van der Waals surface area contributed by atoms with Crippen molar-refractivity contribution in [2.75, 3.05) is 9.80 Å². The highest BCUT2D eigenvalue weighted by molar-refractivity contribution is 5.97. The molecule has 0 saturated carbocycles. The van der Waals surface area contributed by atoms with Crippen LogP contribution >= 0.6 is 0 Å². The topological polar surface area (TPSA) is 15.7 Å². The molecule has 0 bridgehead atoms. The van der Waals surface area contributed by atoms with Crippen LogP contribution in [-0.4, -0.2) is 0 Å². The first kappa shape index (κ1) is 28.2. The van der Waals surface area contributed by atoms with Crippen LogP contribution < -0.4 is 14.5 Å². The highest BCUT2D eigenvalue weighted by Gasteiger charge is 2.43. The van der Waals surface area contributed by atoms with Crippen LogP contribution in [0.3, 0.4) is 0 Å². The van der Waals surface area contributed by atoms with Crippen molar-refractivity contribution in [1.82, 2.24) is 0 Å². The van der Waals surface area contributed by atoms with E-state index in [0.29, 0.717) is 0 Å². The summed E-state index contributed by atoms with van der Waals surface area (Å²) in [6.07, 6.45) is 0. The van der Waals surface area contributed by atoms with Gasteiger partial charge >= 0.3 is 0 Å². The van der Waals surface area contributed by atoms with E-state index in [0.717, 1.165) is 39.9 Å². The first-order chi connectivity index (χ1) is 23.6. The monoisotopic (exact) mass is 618 g/mol. The summed E-state index contributed by atoms with van der Waals surface area (Å²) in [7, 11) is 0. The van der Waals surface area contributed by atoms with Gasteiger partial charge in [0, 0.05) is 22.5 Å². The predicted molar refractivity (Wildman–Crippen MR) is 199 cm³/mol. The molecule has 0 N–H and O–H groups in total. The number of benzene rings is 7. The van der Waals surface area contributed by atoms with Crippen molar-refractivity contribution < 1.29 is 4.74 Å². The molecule has 2 aliphatic heterocycles. The third-order valence-electron chi connectivity index (χ3n) is 9.80. The Balaban J connectivity index is 1.15. The zero-order valence-electron chi connectivity index (χ0n) is 27.0. The van der Waals surface area contributed by atoms with Crippen LogP contribution in [0, 0.1) is 0 Å². The van der Waals surface area contributed by atoms with E-state index in [1.165, 1.54) is 39.1 Å². The smallest absolute Gasteiger partial charge is 0.151 e. The van der Waals surface area contributed by atoms with Gasteiger partial charge in [0.1, 0.15) is 0 Å². The van der Waals surface area contributed by atoms with Gasteiger partial charge < -0.3 is 14.5 Å². The quantitative estimate of drug-likeness (QED) is 0.191. The number of hydrogen-bond donors (Lipinski definition) is 0. The summed E-state index contributed by atoms with van der Waals surface area (Å²) in [6.45, 7) is 4.69. The Kier molecular flexibility index (Phi) is 6.48. The van der Waals surface area contributed by atoms with Gasteiger partial charge in [-0.05, 0) is 100 Å². The Labute approximate surface area is 281 Å². The van der Waals surface area contributed by atoms with E-state index in [-0.39, 0.29) is 5.41 Å². The van der Waals surface area contributed by atoms with Gasteiger partial charge in [0.05, 0.1) is 17.1 Å². The average Bonchev–Trinajstić information content (AvgIpc) is 3.14. The second-order valence-corrected chi connectivity index (χ2v) is 13.0. The average molecular weight is 619 g/mol. The summed E-state index contributed by atoms with van der Waals surface area (Å²) in [4.78, 5) is 4.70. The third-order valence-corrected chi connectivity index (χ3v) is 9.80. The second-order valence-electron chi connectivity index (χ2n) is 13.0. The SMILES string of the molecule is CC1(C)c2ccccc2N2c3ccccc3Oc3ccc(-c4cccc(-c5ccc(N(c6ccccc6)c6ccccc6)cc5)c4)c1c32. The van der Waals surface area contributed by atoms with Crippen molar-refractivity contribution in [1.29, 1.82) is 0 Å². The minimum absolute atomic E-state index is 0.251. The normalized spacial score (nSPS) is 13.5. The molecule has 7 aromatic carbocycles. The lowest BCUT2D eigenvalue weighted by Crippen LogP contribution is -2.33. The molecule has 0 aliphatic carbocycles. The van der Waals surface area contributed by atoms with Gasteiger partial charge in [-0.15, -0.1) is 0 Å². The molecule has 2 heterocycles. The highest BCUT2D eigenvalue weighted by Crippen LogP contribution is 2.61. The fraction of sp³-hybridized carbons (Fsp3) is 0.0667. The molecule has 0 atom stereocenters. The third kappa shape index (κ3) is 4.43. The molecule has 2 aliphatic rings. The van der Waals surface area contributed by atoms with Crippen LogP contribution in [0.1, 0.15) is 25.0 Å². The van der Waals surface area contributed by atoms with Crippen molar-refractivity contribution >= 4 is 34.1 Å². The molecule has 3 heteroatoms. The largest absolute Gasteiger partial charge is 0.453 e. The highest BCUT2D eigenvalue weighted by atomic mass is 16.5. The van der Waals surface area contributed by atoms with Crippen LogP contribution in [0.5, 0.6) is 11.5 Å². The minimum Gasteiger partial charge on any atom is -0.453 e. The van der Waals surface area contributed by atoms with Crippen molar-refractivity contribution in [3.63, 3.8) is 0 Å². The number of fused-ring (bicyclic) bond motifs is 4. The molecule has 0 spiro atoms. The molecule has 0 amide bonds. The zero-order valence-corrected chi connectivity index (χ0v) is 27.0. The standard InChI is InChI=1S/C45H34N2O/c1-45(2)38-20-9-10-21-39(38)47-40-22-11-12-23-41(40)48-42-29-28-37(43(45)44(42)47)33-15-13-14-32(30-33)31-24-26-36(27-25-31)46(34-16-5-3-6-17-34)35-18-7-4-8-19-35/h3-30H,1-2H3. The Morgan fingerprint density at radius 3 is 1.81 bits per heavy atom. The number of nitrogens with zero attached hydrogens (tertiary/aromatic N) is 2. The molecule has 7 aromatic rings. The van der Waals surface area contributed by atoms with Gasteiger partial charge in [-0.1, -0.05) is 117 Å². The Bertz CT molecular complexity index is 2250. The maximum absolute atomic E-state index is 6.57. The van der Waals surface area contributed by atoms with Gasteiger partial charge in [0.25, 0.3) is 0 Å². The molecule has 230 valence electrons. The van der Waals surface area contributed by atoms with Crippen molar-refractivity contribution in [2.24, 2.45) is 0 Å². The molecular formula is C45H34N2O. The molecule has 0 radical (unpaired) electrons. The van der Waals surface area contributed by atoms with Crippen LogP contribution in [0.4, 0.5) is 34.1 Å². The lowest BCUT2D eigenvalue weighted by Gasteiger charge is -2.45. The summed E-state index contributed by atoms with van der Waals surface area (Å²) in [6, 6.07) is 60.5. The van der Waals surface area contributed by atoms with E-state index in [1.54, 1.807) is 0 Å². The molecule has 9 rings (SSSR count). The Morgan fingerprint density at radius 2 is 1.08 bits per heavy atom. The summed E-state index contributed by atoms with van der Waals surface area (Å²) < 4.78 is 6.57. The first-order valence-electron chi connectivity index (χ1n) is 16.5. The molecule has 48 heavy (non-hydrogen) atoms. The van der Waals surface area contributed by atoms with Gasteiger partial charge in [0.15, 0.2) is 11.5 Å². The van der Waals surface area contributed by atoms with Gasteiger partial charge in [-0.2, -0.15) is 0 Å². The van der Waals surface area contributed by atoms with E-state index in [4.69, 9.17) is 4.74 Å². The fourth-order valence-electron chi connectivity index (χ4n) is 7.57. The number of ether oxygens (including phenoxy) is 1. The van der Waals surface area contributed by atoms with Crippen LogP contribution in [0.2, 0.25) is 0 Å². The van der Waals surface area contributed by atoms with E-state index in [9.17, 15) is 0 Å². The molecule has 3 nitrogen and oxygen atoms in total. The Hall–Kier alpha value is -6.06. The van der Waals surface area contributed by atoms with E-state index in [1.807, 2.05) is 6.07 Å². The fourth-order valence-corrected chi connectivity index (χ4v) is 7.57. The van der Waals surface area contributed by atoms with Crippen LogP contribution in [0.25, 0.3) is 22.3 Å². The maximum Gasteiger partial charge on any atom is 0.151 e. The van der Waals surface area contributed by atoms with Crippen molar-refractivity contribution in [3.05, 3.63) is 181 Å². The number of hydrogen-bond acceptors (Lipinski definition) is 3. The van der Waals surface area contributed by atoms with Crippen molar-refractivity contribution in [3.8, 4) is 33.8 Å². The second kappa shape index (κ2) is 11.0. The number of rotatable bonds is 5. The van der Waals surface area contributed by atoms with Crippen LogP contribution in [0.15, 0.2) is 170 Å². The lowest BCUT2D eigenvalue weighted by molar-refractivity contribution is 0.471. The van der Waals surface area contributed by atoms with E-state index >= 15 is 0 Å². The maximum atomic E-state index is 6.57. The molecule has 0 saturated heterocycles. The van der Waals surface area contributed by atoms with Gasteiger partial charge in [0.2, 0.25) is 0 Å². The van der Waals surface area contributed by atoms with Gasteiger partial charge in [-0.25, -0.2) is 0 Å². The summed E-state index contributed by atoms with van der Waals surface area (Å²) in [5.74, 6) is 1.77. The lowest BCUT2D eigenvalue weighted by atomic mass is 9.70. The molecule has 0 unspecified atom stereocenters. The number of anilines is 6. The zero-order chi connectivity index (χ0) is 32.2. The Morgan fingerprint density at radius 1 is 0.479 bits per heavy atom. The molecular weight excluding hydrogens is 585 g/mol. The molecule has 0 aromatic heterocycles. The molecule has 0 fully saturated rings. The van der Waals surface area contributed by atoms with Crippen LogP contribution in [-0.2, 0) is 5.41 Å². The number of para-hydroxylation sites is 5. The van der Waals surface area contributed by atoms with E-state index in [2.05, 4.69) is 187 Å². The van der Waals surface area contributed by atoms with Crippen molar-refractivity contribution in [2.45, 2.75) is 19.3 Å². The minimum atomic E-state index is -0.251. The summed E-state index contributed by atoms with van der Waals surface area (Å²) in [5, 5.41) is 0. The summed E-state index contributed by atoms with van der Waals surface area (Å²) >= 11 is 0. The first-order valence-corrected chi connectivity index (χ1v) is 16.5. The van der Waals surface area contributed by atoms with Gasteiger partial charge in [-0.3, -0.25) is 0 Å². The van der Waals surface area contributed by atoms with E-state index < -0.39 is 0 Å². The summed E-state index contributed by atoms with van der Waals surface area (Å²) in [5.41, 5.74) is 13.9. The predicted octanol–water partition coefficient (Wildman–Crippen LogP) is 12.7.